The van der Waals surface area contributed by atoms with E-state index in [1.807, 2.05) is 31.2 Å². The lowest BCUT2D eigenvalue weighted by molar-refractivity contribution is -0.127. The minimum Gasteiger partial charge on any atom is -0.481 e. The quantitative estimate of drug-likeness (QED) is 0.772. The molecular formula is C19H27NO2. The van der Waals surface area contributed by atoms with Gasteiger partial charge in [-0.05, 0) is 57.1 Å². The second kappa shape index (κ2) is 8.62. The number of hydrogen-bond donors (Lipinski definition) is 1. The Morgan fingerprint density at radius 2 is 2.14 bits per heavy atom. The number of allylic oxidation sites excluding steroid dienone is 1. The van der Waals surface area contributed by atoms with Crippen LogP contribution in [0.3, 0.4) is 0 Å². The Hall–Kier alpha value is -1.77. The molecular weight excluding hydrogens is 274 g/mol. The summed E-state index contributed by atoms with van der Waals surface area (Å²) >= 11 is 0. The molecule has 3 heteroatoms. The van der Waals surface area contributed by atoms with E-state index >= 15 is 0 Å². The Kier molecular flexibility index (Phi) is 6.50. The van der Waals surface area contributed by atoms with Gasteiger partial charge in [0.2, 0.25) is 0 Å². The van der Waals surface area contributed by atoms with Gasteiger partial charge in [-0.1, -0.05) is 36.8 Å². The van der Waals surface area contributed by atoms with Crippen LogP contribution >= 0.6 is 0 Å². The van der Waals surface area contributed by atoms with E-state index in [4.69, 9.17) is 4.74 Å². The van der Waals surface area contributed by atoms with Gasteiger partial charge in [-0.3, -0.25) is 4.79 Å². The van der Waals surface area contributed by atoms with Gasteiger partial charge in [0.15, 0.2) is 6.10 Å². The fourth-order valence-electron chi connectivity index (χ4n) is 2.78. The molecule has 0 radical (unpaired) electrons. The van der Waals surface area contributed by atoms with E-state index in [0.717, 1.165) is 24.2 Å². The molecule has 0 fully saturated rings. The molecule has 3 nitrogen and oxygen atoms in total. The topological polar surface area (TPSA) is 38.3 Å². The van der Waals surface area contributed by atoms with Crippen molar-refractivity contribution in [1.29, 1.82) is 0 Å². The van der Waals surface area contributed by atoms with Crippen molar-refractivity contribution in [2.24, 2.45) is 0 Å². The number of ether oxygens (including phenoxy) is 1. The van der Waals surface area contributed by atoms with Gasteiger partial charge in [0.1, 0.15) is 5.75 Å². The third-order valence-corrected chi connectivity index (χ3v) is 4.16. The first-order valence-electron chi connectivity index (χ1n) is 8.41. The fourth-order valence-corrected chi connectivity index (χ4v) is 2.78. The molecule has 0 spiro atoms. The number of rotatable bonds is 7. The van der Waals surface area contributed by atoms with E-state index in [2.05, 4.69) is 18.3 Å². The van der Waals surface area contributed by atoms with Crippen molar-refractivity contribution in [2.75, 3.05) is 6.54 Å². The molecule has 1 aromatic carbocycles. The molecule has 0 bridgehead atoms. The Bertz CT molecular complexity index is 522. The van der Waals surface area contributed by atoms with Gasteiger partial charge in [0.25, 0.3) is 5.91 Å². The normalized spacial score (nSPS) is 15.8. The standard InChI is InChI=1S/C19H27NO2/c1-3-17-11-7-8-12-18(17)22-15(2)19(21)20-14-13-16-9-5-4-6-10-16/h7-9,11-12,15H,3-6,10,13-14H2,1-2H3,(H,20,21)/t15-/m1/s1. The maximum atomic E-state index is 12.1. The molecule has 0 heterocycles. The lowest BCUT2D eigenvalue weighted by atomic mass is 9.97. The van der Waals surface area contributed by atoms with Crippen LogP contribution in [0.5, 0.6) is 5.75 Å². The molecule has 1 aromatic rings. The van der Waals surface area contributed by atoms with Crippen LogP contribution in [0.1, 0.15) is 51.5 Å². The van der Waals surface area contributed by atoms with Crippen LogP contribution in [0.4, 0.5) is 0 Å². The van der Waals surface area contributed by atoms with Crippen molar-refractivity contribution in [3.63, 3.8) is 0 Å². The van der Waals surface area contributed by atoms with Crippen LogP contribution in [-0.2, 0) is 11.2 Å². The van der Waals surface area contributed by atoms with E-state index in [1.165, 1.54) is 31.3 Å². The van der Waals surface area contributed by atoms with Crippen molar-refractivity contribution >= 4 is 5.91 Å². The van der Waals surface area contributed by atoms with E-state index in [0.29, 0.717) is 6.54 Å². The average Bonchev–Trinajstić information content (AvgIpc) is 2.56. The molecule has 0 aromatic heterocycles. The summed E-state index contributed by atoms with van der Waals surface area (Å²) in [5.41, 5.74) is 2.62. The van der Waals surface area contributed by atoms with Crippen molar-refractivity contribution in [3.05, 3.63) is 41.5 Å². The SMILES string of the molecule is CCc1ccccc1O[C@H](C)C(=O)NCCC1=CCCCC1. The summed E-state index contributed by atoms with van der Waals surface area (Å²) in [5, 5.41) is 2.98. The minimum absolute atomic E-state index is 0.0395. The first-order chi connectivity index (χ1) is 10.7. The van der Waals surface area contributed by atoms with E-state index in [1.54, 1.807) is 0 Å². The van der Waals surface area contributed by atoms with Crippen molar-refractivity contribution in [3.8, 4) is 5.75 Å². The molecule has 0 unspecified atom stereocenters. The Morgan fingerprint density at radius 3 is 2.86 bits per heavy atom. The number of aryl methyl sites for hydroxylation is 1. The summed E-state index contributed by atoms with van der Waals surface area (Å²) < 4.78 is 5.81. The van der Waals surface area contributed by atoms with Gasteiger partial charge in [0.05, 0.1) is 0 Å². The Balaban J connectivity index is 1.78. The number of amides is 1. The lowest BCUT2D eigenvalue weighted by Crippen LogP contribution is -2.37. The number of carbonyl (C=O) groups is 1. The molecule has 1 aliphatic carbocycles. The molecule has 120 valence electrons. The molecule has 0 saturated heterocycles. The fraction of sp³-hybridized carbons (Fsp3) is 0.526. The van der Waals surface area contributed by atoms with Gasteiger partial charge < -0.3 is 10.1 Å². The molecule has 0 saturated carbocycles. The van der Waals surface area contributed by atoms with Crippen LogP contribution in [0, 0.1) is 0 Å². The maximum absolute atomic E-state index is 12.1. The molecule has 1 atom stereocenters. The van der Waals surface area contributed by atoms with Crippen LogP contribution in [0.25, 0.3) is 0 Å². The zero-order valence-corrected chi connectivity index (χ0v) is 13.7. The third-order valence-electron chi connectivity index (χ3n) is 4.16. The number of para-hydroxylation sites is 1. The van der Waals surface area contributed by atoms with Gasteiger partial charge in [-0.2, -0.15) is 0 Å². The second-order valence-electron chi connectivity index (χ2n) is 5.87. The van der Waals surface area contributed by atoms with E-state index in [9.17, 15) is 4.79 Å². The van der Waals surface area contributed by atoms with Crippen LogP contribution < -0.4 is 10.1 Å². The van der Waals surface area contributed by atoms with E-state index in [-0.39, 0.29) is 5.91 Å². The Morgan fingerprint density at radius 1 is 1.32 bits per heavy atom. The number of hydrogen-bond acceptors (Lipinski definition) is 2. The number of carbonyl (C=O) groups excluding carboxylic acids is 1. The van der Waals surface area contributed by atoms with Gasteiger partial charge in [-0.15, -0.1) is 0 Å². The zero-order chi connectivity index (χ0) is 15.8. The molecule has 1 N–H and O–H groups in total. The van der Waals surface area contributed by atoms with Crippen LogP contribution in [0.2, 0.25) is 0 Å². The number of nitrogens with one attached hydrogen (secondary N) is 1. The molecule has 1 amide bonds. The average molecular weight is 301 g/mol. The monoisotopic (exact) mass is 301 g/mol. The Labute approximate surface area is 133 Å². The van der Waals surface area contributed by atoms with Gasteiger partial charge in [0, 0.05) is 6.54 Å². The first-order valence-corrected chi connectivity index (χ1v) is 8.41. The highest BCUT2D eigenvalue weighted by Gasteiger charge is 2.15. The second-order valence-corrected chi connectivity index (χ2v) is 5.87. The van der Waals surface area contributed by atoms with Gasteiger partial charge in [-0.25, -0.2) is 0 Å². The summed E-state index contributed by atoms with van der Waals surface area (Å²) in [6.07, 6.45) is 8.69. The zero-order valence-electron chi connectivity index (χ0n) is 13.7. The van der Waals surface area contributed by atoms with Crippen molar-refractivity contribution in [1.82, 2.24) is 5.32 Å². The third kappa shape index (κ3) is 4.90. The minimum atomic E-state index is -0.465. The molecule has 22 heavy (non-hydrogen) atoms. The van der Waals surface area contributed by atoms with E-state index < -0.39 is 6.10 Å². The van der Waals surface area contributed by atoms with Gasteiger partial charge >= 0.3 is 0 Å². The lowest BCUT2D eigenvalue weighted by Gasteiger charge is -2.17. The summed E-state index contributed by atoms with van der Waals surface area (Å²) in [4.78, 5) is 12.1. The van der Waals surface area contributed by atoms with Crippen LogP contribution in [0.15, 0.2) is 35.9 Å². The molecule has 2 rings (SSSR count). The van der Waals surface area contributed by atoms with Crippen molar-refractivity contribution in [2.45, 2.75) is 58.5 Å². The summed E-state index contributed by atoms with van der Waals surface area (Å²) in [5.74, 6) is 0.768. The molecule has 0 aliphatic heterocycles. The first kappa shape index (κ1) is 16.6. The predicted molar refractivity (Wildman–Crippen MR) is 90.1 cm³/mol. The highest BCUT2D eigenvalue weighted by molar-refractivity contribution is 5.80. The summed E-state index contributed by atoms with van der Waals surface area (Å²) in [6, 6.07) is 7.90. The maximum Gasteiger partial charge on any atom is 0.260 e. The molecule has 1 aliphatic rings. The summed E-state index contributed by atoms with van der Waals surface area (Å²) in [6.45, 7) is 4.60. The smallest absolute Gasteiger partial charge is 0.260 e. The van der Waals surface area contributed by atoms with Crippen molar-refractivity contribution < 1.29 is 9.53 Å². The number of benzene rings is 1. The largest absolute Gasteiger partial charge is 0.481 e. The highest BCUT2D eigenvalue weighted by atomic mass is 16.5. The highest BCUT2D eigenvalue weighted by Crippen LogP contribution is 2.20. The summed E-state index contributed by atoms with van der Waals surface area (Å²) in [7, 11) is 0. The van der Waals surface area contributed by atoms with Crippen LogP contribution in [-0.4, -0.2) is 18.6 Å². The predicted octanol–water partition coefficient (Wildman–Crippen LogP) is 4.02.